The van der Waals surface area contributed by atoms with Crippen molar-refractivity contribution in [2.75, 3.05) is 13.2 Å². The molecule has 0 amide bonds. The smallest absolute Gasteiger partial charge is 0.124 e. The molecule has 0 aliphatic heterocycles. The number of rotatable bonds is 8. The fraction of sp³-hybridized carbons (Fsp3) is 0.412. The molecule has 1 aromatic heterocycles. The van der Waals surface area contributed by atoms with Crippen LogP contribution in [0, 0.1) is 0 Å². The van der Waals surface area contributed by atoms with Gasteiger partial charge in [0.25, 0.3) is 0 Å². The Bertz CT molecular complexity index is 495. The highest BCUT2D eigenvalue weighted by Gasteiger charge is 2.12. The molecule has 2 nitrogen and oxygen atoms in total. The summed E-state index contributed by atoms with van der Waals surface area (Å²) in [5.74, 6) is 1.01. The van der Waals surface area contributed by atoms with E-state index in [2.05, 4.69) is 54.9 Å². The van der Waals surface area contributed by atoms with Crippen LogP contribution in [0.4, 0.5) is 0 Å². The molecule has 20 heavy (non-hydrogen) atoms. The van der Waals surface area contributed by atoms with Crippen molar-refractivity contribution in [2.45, 2.75) is 32.7 Å². The molecular formula is C17H23NOS. The maximum atomic E-state index is 6.01. The van der Waals surface area contributed by atoms with Gasteiger partial charge < -0.3 is 10.1 Å². The maximum Gasteiger partial charge on any atom is 0.124 e. The number of benzene rings is 1. The Balaban J connectivity index is 1.99. The third kappa shape index (κ3) is 4.09. The van der Waals surface area contributed by atoms with E-state index in [1.54, 1.807) is 11.3 Å². The van der Waals surface area contributed by atoms with Crippen LogP contribution in [-0.4, -0.2) is 13.2 Å². The summed E-state index contributed by atoms with van der Waals surface area (Å²) in [4.78, 5) is 1.38. The number of hydrogen-bond donors (Lipinski definition) is 1. The second-order valence-corrected chi connectivity index (χ2v) is 5.77. The van der Waals surface area contributed by atoms with Crippen molar-refractivity contribution in [2.24, 2.45) is 0 Å². The van der Waals surface area contributed by atoms with Gasteiger partial charge >= 0.3 is 0 Å². The lowest BCUT2D eigenvalue weighted by Gasteiger charge is -2.20. The van der Waals surface area contributed by atoms with E-state index in [9.17, 15) is 0 Å². The third-order valence-corrected chi connectivity index (χ3v) is 4.28. The van der Waals surface area contributed by atoms with Crippen molar-refractivity contribution in [3.63, 3.8) is 0 Å². The van der Waals surface area contributed by atoms with E-state index >= 15 is 0 Å². The molecule has 1 N–H and O–H groups in total. The van der Waals surface area contributed by atoms with Crippen LogP contribution in [0.25, 0.3) is 0 Å². The highest BCUT2D eigenvalue weighted by Crippen LogP contribution is 2.27. The molecule has 2 rings (SSSR count). The number of nitrogens with one attached hydrogen (secondary N) is 1. The Morgan fingerprint density at radius 1 is 1.15 bits per heavy atom. The van der Waals surface area contributed by atoms with Crippen LogP contribution in [0.3, 0.4) is 0 Å². The van der Waals surface area contributed by atoms with Gasteiger partial charge in [0.1, 0.15) is 5.75 Å². The summed E-state index contributed by atoms with van der Waals surface area (Å²) < 4.78 is 6.01. The van der Waals surface area contributed by atoms with Gasteiger partial charge in [-0.15, -0.1) is 11.3 Å². The van der Waals surface area contributed by atoms with Gasteiger partial charge in [-0.3, -0.25) is 0 Å². The van der Waals surface area contributed by atoms with Gasteiger partial charge in [-0.25, -0.2) is 0 Å². The first kappa shape index (κ1) is 15.1. The molecule has 1 heterocycles. The Kier molecular flexibility index (Phi) is 6.09. The lowest BCUT2D eigenvalue weighted by atomic mass is 10.0. The van der Waals surface area contributed by atoms with Crippen molar-refractivity contribution in [3.05, 3.63) is 52.2 Å². The summed E-state index contributed by atoms with van der Waals surface area (Å²) in [5.41, 5.74) is 1.27. The van der Waals surface area contributed by atoms with Gasteiger partial charge in [-0.1, -0.05) is 38.1 Å². The topological polar surface area (TPSA) is 21.3 Å². The molecule has 0 saturated carbocycles. The standard InChI is InChI=1S/C17H23NOS/c1-3-16(18-4-2)15-9-5-6-10-17(15)19-12-11-14-8-7-13-20-14/h5-10,13,16,18H,3-4,11-12H2,1-2H3. The quantitative estimate of drug-likeness (QED) is 0.776. The predicted octanol–water partition coefficient (Wildman–Crippen LogP) is 4.43. The molecule has 1 unspecified atom stereocenters. The van der Waals surface area contributed by atoms with Crippen LogP contribution in [0.5, 0.6) is 5.75 Å². The van der Waals surface area contributed by atoms with Gasteiger partial charge in [0.15, 0.2) is 0 Å². The molecule has 0 aliphatic carbocycles. The highest BCUT2D eigenvalue weighted by atomic mass is 32.1. The zero-order chi connectivity index (χ0) is 14.2. The van der Waals surface area contributed by atoms with Crippen LogP contribution >= 0.6 is 11.3 Å². The van der Waals surface area contributed by atoms with Crippen molar-refractivity contribution >= 4 is 11.3 Å². The zero-order valence-electron chi connectivity index (χ0n) is 12.3. The molecule has 1 atom stereocenters. The summed E-state index contributed by atoms with van der Waals surface area (Å²) in [6.07, 6.45) is 2.04. The lowest BCUT2D eigenvalue weighted by molar-refractivity contribution is 0.315. The van der Waals surface area contributed by atoms with E-state index in [4.69, 9.17) is 4.74 Å². The van der Waals surface area contributed by atoms with E-state index in [0.29, 0.717) is 6.04 Å². The molecule has 2 aromatic rings. The maximum absolute atomic E-state index is 6.01. The van der Waals surface area contributed by atoms with Gasteiger partial charge in [-0.2, -0.15) is 0 Å². The molecule has 0 aliphatic rings. The van der Waals surface area contributed by atoms with E-state index in [0.717, 1.165) is 31.7 Å². The molecule has 1 aromatic carbocycles. The van der Waals surface area contributed by atoms with Gasteiger partial charge in [0.2, 0.25) is 0 Å². The Morgan fingerprint density at radius 2 is 2.00 bits per heavy atom. The first-order valence-corrected chi connectivity index (χ1v) is 8.20. The fourth-order valence-electron chi connectivity index (χ4n) is 2.34. The number of para-hydroxylation sites is 1. The monoisotopic (exact) mass is 289 g/mol. The first-order valence-electron chi connectivity index (χ1n) is 7.32. The molecule has 0 fully saturated rings. The normalized spacial score (nSPS) is 12.3. The van der Waals surface area contributed by atoms with Crippen LogP contribution in [0.15, 0.2) is 41.8 Å². The summed E-state index contributed by atoms with van der Waals surface area (Å²) in [7, 11) is 0. The molecule has 108 valence electrons. The van der Waals surface area contributed by atoms with Crippen molar-refractivity contribution in [3.8, 4) is 5.75 Å². The molecular weight excluding hydrogens is 266 g/mol. The second kappa shape index (κ2) is 8.08. The van der Waals surface area contributed by atoms with Gasteiger partial charge in [0.05, 0.1) is 6.61 Å². The minimum Gasteiger partial charge on any atom is -0.493 e. The Morgan fingerprint density at radius 3 is 2.70 bits per heavy atom. The van der Waals surface area contributed by atoms with Crippen molar-refractivity contribution in [1.82, 2.24) is 5.32 Å². The summed E-state index contributed by atoms with van der Waals surface area (Å²) in [5, 5.41) is 5.63. The fourth-order valence-corrected chi connectivity index (χ4v) is 3.03. The lowest BCUT2D eigenvalue weighted by Crippen LogP contribution is -2.21. The van der Waals surface area contributed by atoms with Crippen molar-refractivity contribution < 1.29 is 4.74 Å². The van der Waals surface area contributed by atoms with E-state index in [1.807, 2.05) is 6.07 Å². The largest absolute Gasteiger partial charge is 0.493 e. The molecule has 0 saturated heterocycles. The predicted molar refractivity (Wildman–Crippen MR) is 86.7 cm³/mol. The molecule has 3 heteroatoms. The van der Waals surface area contributed by atoms with E-state index < -0.39 is 0 Å². The second-order valence-electron chi connectivity index (χ2n) is 4.73. The SMILES string of the molecule is CCNC(CC)c1ccccc1OCCc1cccs1. The minimum atomic E-state index is 0.373. The average Bonchev–Trinajstić information content (AvgIpc) is 2.99. The average molecular weight is 289 g/mol. The summed E-state index contributed by atoms with van der Waals surface area (Å²) in [6, 6.07) is 13.0. The number of thiophene rings is 1. The first-order chi connectivity index (χ1) is 9.85. The van der Waals surface area contributed by atoms with Crippen LogP contribution < -0.4 is 10.1 Å². The highest BCUT2D eigenvalue weighted by molar-refractivity contribution is 7.09. The minimum absolute atomic E-state index is 0.373. The summed E-state index contributed by atoms with van der Waals surface area (Å²) in [6.45, 7) is 6.06. The number of hydrogen-bond acceptors (Lipinski definition) is 3. The van der Waals surface area contributed by atoms with Crippen LogP contribution in [-0.2, 0) is 6.42 Å². The molecule has 0 bridgehead atoms. The van der Waals surface area contributed by atoms with Crippen molar-refractivity contribution in [1.29, 1.82) is 0 Å². The zero-order valence-corrected chi connectivity index (χ0v) is 13.1. The van der Waals surface area contributed by atoms with Crippen LogP contribution in [0.2, 0.25) is 0 Å². The van der Waals surface area contributed by atoms with Gasteiger partial charge in [-0.05, 0) is 30.5 Å². The molecule has 0 spiro atoms. The van der Waals surface area contributed by atoms with Gasteiger partial charge in [0, 0.05) is 22.9 Å². The Labute approximate surface area is 125 Å². The molecule has 0 radical (unpaired) electrons. The number of ether oxygens (including phenoxy) is 1. The summed E-state index contributed by atoms with van der Waals surface area (Å²) >= 11 is 1.79. The van der Waals surface area contributed by atoms with E-state index in [-0.39, 0.29) is 0 Å². The van der Waals surface area contributed by atoms with E-state index in [1.165, 1.54) is 10.4 Å². The van der Waals surface area contributed by atoms with Crippen LogP contribution in [0.1, 0.15) is 36.8 Å². The third-order valence-electron chi connectivity index (χ3n) is 3.34. The Hall–Kier alpha value is -1.32.